The second-order valence-electron chi connectivity index (χ2n) is 6.49. The maximum Gasteiger partial charge on any atom is 0.00696 e. The van der Waals surface area contributed by atoms with Crippen LogP contribution in [-0.2, 0) is 0 Å². The summed E-state index contributed by atoms with van der Waals surface area (Å²) in [7, 11) is 0. The summed E-state index contributed by atoms with van der Waals surface area (Å²) in [6.45, 7) is 2.08. The molecule has 0 atom stereocenters. The Hall–Kier alpha value is -0.820. The normalized spacial score (nSPS) is 21.1. The third-order valence-corrected chi connectivity index (χ3v) is 4.62. The fourth-order valence-electron chi connectivity index (χ4n) is 3.41. The maximum atomic E-state index is 3.86. The summed E-state index contributed by atoms with van der Waals surface area (Å²) < 4.78 is 0. The van der Waals surface area contributed by atoms with E-state index in [2.05, 4.69) is 24.4 Å². The maximum absolute atomic E-state index is 3.86. The van der Waals surface area contributed by atoms with Crippen molar-refractivity contribution >= 4 is 0 Å². The van der Waals surface area contributed by atoms with E-state index in [0.29, 0.717) is 0 Å². The van der Waals surface area contributed by atoms with E-state index in [1.807, 2.05) is 18.2 Å². The lowest BCUT2D eigenvalue weighted by Crippen LogP contribution is -2.40. The first-order valence-electron chi connectivity index (χ1n) is 8.62. The number of rotatable bonds is 2. The standard InChI is InChI=1S/C12H23N.C7H8/c1-3-7-11(8-4-1)13-12-9-5-2-6-10-12;1-7-5-3-2-4-6-7/h11-13H,1-10H2;2-6H,1H3. The average Bonchev–Trinajstić information content (AvgIpc) is 2.51. The van der Waals surface area contributed by atoms with Crippen molar-refractivity contribution in [1.29, 1.82) is 0 Å². The van der Waals surface area contributed by atoms with E-state index in [-0.39, 0.29) is 0 Å². The summed E-state index contributed by atoms with van der Waals surface area (Å²) in [5.74, 6) is 0. The lowest BCUT2D eigenvalue weighted by atomic mass is 9.91. The molecule has 0 amide bonds. The second-order valence-corrected chi connectivity index (χ2v) is 6.49. The summed E-state index contributed by atoms with van der Waals surface area (Å²) in [5.41, 5.74) is 1.32. The third kappa shape index (κ3) is 6.09. The van der Waals surface area contributed by atoms with Crippen molar-refractivity contribution in [2.45, 2.75) is 83.2 Å². The van der Waals surface area contributed by atoms with E-state index >= 15 is 0 Å². The molecule has 0 heterocycles. The number of nitrogens with one attached hydrogen (secondary N) is 1. The predicted molar refractivity (Wildman–Crippen MR) is 88.1 cm³/mol. The van der Waals surface area contributed by atoms with E-state index in [1.54, 1.807) is 0 Å². The highest BCUT2D eigenvalue weighted by molar-refractivity contribution is 5.11. The molecule has 0 radical (unpaired) electrons. The van der Waals surface area contributed by atoms with Crippen LogP contribution < -0.4 is 5.32 Å². The molecule has 1 aromatic rings. The molecule has 2 fully saturated rings. The number of aryl methyl sites for hydroxylation is 1. The van der Waals surface area contributed by atoms with Gasteiger partial charge in [0.15, 0.2) is 0 Å². The van der Waals surface area contributed by atoms with Crippen LogP contribution in [0.4, 0.5) is 0 Å². The van der Waals surface area contributed by atoms with Gasteiger partial charge in [-0.05, 0) is 32.6 Å². The van der Waals surface area contributed by atoms with Gasteiger partial charge in [-0.25, -0.2) is 0 Å². The van der Waals surface area contributed by atoms with Crippen molar-refractivity contribution in [3.05, 3.63) is 35.9 Å². The highest BCUT2D eigenvalue weighted by atomic mass is 14.9. The van der Waals surface area contributed by atoms with Crippen molar-refractivity contribution in [2.24, 2.45) is 0 Å². The van der Waals surface area contributed by atoms with Gasteiger partial charge in [0.2, 0.25) is 0 Å². The van der Waals surface area contributed by atoms with Gasteiger partial charge >= 0.3 is 0 Å². The summed E-state index contributed by atoms with van der Waals surface area (Å²) >= 11 is 0. The highest BCUT2D eigenvalue weighted by Gasteiger charge is 2.19. The largest absolute Gasteiger partial charge is 0.311 e. The summed E-state index contributed by atoms with van der Waals surface area (Å²) in [4.78, 5) is 0. The van der Waals surface area contributed by atoms with Gasteiger partial charge in [-0.15, -0.1) is 0 Å². The van der Waals surface area contributed by atoms with Crippen molar-refractivity contribution in [3.63, 3.8) is 0 Å². The van der Waals surface area contributed by atoms with Crippen LogP contribution in [0.1, 0.15) is 69.8 Å². The van der Waals surface area contributed by atoms with Crippen LogP contribution in [0.5, 0.6) is 0 Å². The monoisotopic (exact) mass is 273 g/mol. The van der Waals surface area contributed by atoms with Gasteiger partial charge in [0, 0.05) is 12.1 Å². The Labute approximate surface area is 125 Å². The summed E-state index contributed by atoms with van der Waals surface area (Å²) in [5, 5.41) is 3.86. The third-order valence-electron chi connectivity index (χ3n) is 4.62. The molecular weight excluding hydrogens is 242 g/mol. The van der Waals surface area contributed by atoms with Crippen LogP contribution in [-0.4, -0.2) is 12.1 Å². The van der Waals surface area contributed by atoms with Gasteiger partial charge in [-0.1, -0.05) is 74.4 Å². The zero-order valence-electron chi connectivity index (χ0n) is 13.1. The molecule has 112 valence electrons. The van der Waals surface area contributed by atoms with Gasteiger partial charge in [0.05, 0.1) is 0 Å². The Balaban J connectivity index is 0.000000178. The molecule has 0 spiro atoms. The number of hydrogen-bond donors (Lipinski definition) is 1. The Morgan fingerprint density at radius 1 is 0.700 bits per heavy atom. The lowest BCUT2D eigenvalue weighted by molar-refractivity contribution is 0.291. The minimum absolute atomic E-state index is 0.872. The van der Waals surface area contributed by atoms with Gasteiger partial charge in [0.1, 0.15) is 0 Å². The first kappa shape index (κ1) is 15.6. The van der Waals surface area contributed by atoms with Gasteiger partial charge in [-0.2, -0.15) is 0 Å². The molecule has 0 unspecified atom stereocenters. The smallest absolute Gasteiger partial charge is 0.00696 e. The molecule has 0 bridgehead atoms. The van der Waals surface area contributed by atoms with Gasteiger partial charge in [0.25, 0.3) is 0 Å². The molecule has 1 nitrogen and oxygen atoms in total. The topological polar surface area (TPSA) is 12.0 Å². The predicted octanol–water partition coefficient (Wildman–Crippen LogP) is 5.24. The van der Waals surface area contributed by atoms with E-state index in [1.165, 1.54) is 69.8 Å². The highest BCUT2D eigenvalue weighted by Crippen LogP contribution is 2.22. The molecule has 1 N–H and O–H groups in total. The lowest BCUT2D eigenvalue weighted by Gasteiger charge is -2.30. The van der Waals surface area contributed by atoms with Crippen molar-refractivity contribution in [3.8, 4) is 0 Å². The molecule has 3 rings (SSSR count). The Kier molecular flexibility index (Phi) is 7.14. The van der Waals surface area contributed by atoms with Crippen molar-refractivity contribution < 1.29 is 0 Å². The molecule has 1 heteroatoms. The molecule has 0 aromatic heterocycles. The molecule has 2 aliphatic carbocycles. The number of benzene rings is 1. The zero-order chi connectivity index (χ0) is 14.0. The Bertz CT molecular complexity index is 318. The van der Waals surface area contributed by atoms with Crippen molar-refractivity contribution in [2.75, 3.05) is 0 Å². The summed E-state index contributed by atoms with van der Waals surface area (Å²) in [6, 6.07) is 12.0. The van der Waals surface area contributed by atoms with E-state index < -0.39 is 0 Å². The van der Waals surface area contributed by atoms with Crippen LogP contribution in [0, 0.1) is 6.92 Å². The first-order valence-corrected chi connectivity index (χ1v) is 8.62. The molecule has 2 aliphatic rings. The van der Waals surface area contributed by atoms with Gasteiger partial charge < -0.3 is 5.32 Å². The van der Waals surface area contributed by atoms with Crippen LogP contribution in [0.25, 0.3) is 0 Å². The van der Waals surface area contributed by atoms with Crippen LogP contribution in [0.15, 0.2) is 30.3 Å². The van der Waals surface area contributed by atoms with E-state index in [0.717, 1.165) is 12.1 Å². The van der Waals surface area contributed by atoms with Crippen LogP contribution >= 0.6 is 0 Å². The molecule has 0 aliphatic heterocycles. The quantitative estimate of drug-likeness (QED) is 0.777. The molecule has 1 aromatic carbocycles. The fraction of sp³-hybridized carbons (Fsp3) is 0.684. The van der Waals surface area contributed by atoms with Crippen LogP contribution in [0.3, 0.4) is 0 Å². The second kappa shape index (κ2) is 9.18. The van der Waals surface area contributed by atoms with E-state index in [9.17, 15) is 0 Å². The van der Waals surface area contributed by atoms with Crippen molar-refractivity contribution in [1.82, 2.24) is 5.32 Å². The number of hydrogen-bond acceptors (Lipinski definition) is 1. The summed E-state index contributed by atoms with van der Waals surface area (Å²) in [6.07, 6.45) is 14.6. The minimum atomic E-state index is 0.872. The molecular formula is C19H31N. The Morgan fingerprint density at radius 3 is 1.50 bits per heavy atom. The van der Waals surface area contributed by atoms with E-state index in [4.69, 9.17) is 0 Å². The average molecular weight is 273 g/mol. The minimum Gasteiger partial charge on any atom is -0.311 e. The molecule has 20 heavy (non-hydrogen) atoms. The first-order chi connectivity index (χ1) is 9.84. The fourth-order valence-corrected chi connectivity index (χ4v) is 3.41. The zero-order valence-corrected chi connectivity index (χ0v) is 13.1. The Morgan fingerprint density at radius 2 is 1.15 bits per heavy atom. The molecule has 2 saturated carbocycles. The molecule has 0 saturated heterocycles. The SMILES string of the molecule is C1CCC(NC2CCCCC2)CC1.Cc1ccccc1. The van der Waals surface area contributed by atoms with Crippen LogP contribution in [0.2, 0.25) is 0 Å². The van der Waals surface area contributed by atoms with Gasteiger partial charge in [-0.3, -0.25) is 0 Å².